The van der Waals surface area contributed by atoms with Crippen LogP contribution in [0.3, 0.4) is 0 Å². The lowest BCUT2D eigenvalue weighted by molar-refractivity contribution is -0.143. The quantitative estimate of drug-likeness (QED) is 0.832. The molecule has 5 nitrogen and oxygen atoms in total. The summed E-state index contributed by atoms with van der Waals surface area (Å²) < 4.78 is 77.4. The normalized spacial score (nSPS) is 12.1. The molecule has 0 aliphatic rings. The minimum atomic E-state index is -5.03. The first kappa shape index (κ1) is 18.5. The van der Waals surface area contributed by atoms with Gasteiger partial charge in [0.2, 0.25) is 0 Å². The number of carbonyl (C=O) groups is 1. The first-order chi connectivity index (χ1) is 11.4. The van der Waals surface area contributed by atoms with Crippen molar-refractivity contribution in [1.82, 2.24) is 9.78 Å². The Kier molecular flexibility index (Phi) is 4.60. The Morgan fingerprint density at radius 1 is 1.00 bits per heavy atom. The molecule has 1 amide bonds. The van der Waals surface area contributed by atoms with Crippen LogP contribution >= 0.6 is 0 Å². The fourth-order valence-electron chi connectivity index (χ4n) is 1.85. The summed E-state index contributed by atoms with van der Waals surface area (Å²) >= 11 is 0. The Morgan fingerprint density at radius 3 is 1.96 bits per heavy atom. The number of nitrogens with zero attached hydrogens (tertiary/aromatic N) is 2. The van der Waals surface area contributed by atoms with Crippen molar-refractivity contribution in [2.45, 2.75) is 12.4 Å². The fraction of sp³-hybridized carbons (Fsp3) is 0.214. The number of hydrogen-bond donors (Lipinski definition) is 1. The molecule has 0 unspecified atom stereocenters. The number of anilines is 1. The Labute approximate surface area is 135 Å². The number of hydrogen-bond acceptors (Lipinski definition) is 3. The second-order valence-corrected chi connectivity index (χ2v) is 4.93. The smallest absolute Gasteiger partial charge is 0.321 e. The van der Waals surface area contributed by atoms with Gasteiger partial charge in [0, 0.05) is 18.8 Å². The topological polar surface area (TPSA) is 64.0 Å². The summed E-state index contributed by atoms with van der Waals surface area (Å²) in [7, 11) is 1.23. The highest BCUT2D eigenvalue weighted by Gasteiger charge is 2.37. The van der Waals surface area contributed by atoms with Gasteiger partial charge in [-0.1, -0.05) is 0 Å². The molecule has 1 aromatic carbocycles. The van der Waals surface area contributed by atoms with E-state index in [1.165, 1.54) is 7.05 Å². The monoisotopic (exact) mass is 365 g/mol. The summed E-state index contributed by atoms with van der Waals surface area (Å²) in [6, 6.07) is 2.66. The third-order valence-electron chi connectivity index (χ3n) is 3.04. The van der Waals surface area contributed by atoms with Gasteiger partial charge >= 0.3 is 12.4 Å². The largest absolute Gasteiger partial charge is 0.416 e. The molecule has 11 heteroatoms. The van der Waals surface area contributed by atoms with Gasteiger partial charge in [0.25, 0.3) is 11.5 Å². The molecule has 0 aliphatic carbocycles. The van der Waals surface area contributed by atoms with E-state index in [0.29, 0.717) is 12.1 Å². The standard InChI is InChI=1S/C14H9F6N3O2/c1-23-11(24)3-2-10(22-23)12(25)21-9-5-7(13(15,16)17)4-8(6-9)14(18,19)20/h2-6H,1H3,(H,21,25). The van der Waals surface area contributed by atoms with Crippen LogP contribution in [0.2, 0.25) is 0 Å². The van der Waals surface area contributed by atoms with Crippen molar-refractivity contribution in [3.8, 4) is 0 Å². The number of halogens is 6. The van der Waals surface area contributed by atoms with Gasteiger partial charge in [-0.05, 0) is 24.3 Å². The first-order valence-electron chi connectivity index (χ1n) is 6.53. The van der Waals surface area contributed by atoms with E-state index >= 15 is 0 Å². The van der Waals surface area contributed by atoms with Crippen molar-refractivity contribution in [2.75, 3.05) is 5.32 Å². The number of benzene rings is 1. The minimum Gasteiger partial charge on any atom is -0.321 e. The Balaban J connectivity index is 2.42. The molecule has 1 N–H and O–H groups in total. The molecule has 0 aliphatic heterocycles. The van der Waals surface area contributed by atoms with Crippen molar-refractivity contribution in [2.24, 2.45) is 7.05 Å². The average molecular weight is 365 g/mol. The van der Waals surface area contributed by atoms with Gasteiger partial charge in [-0.15, -0.1) is 0 Å². The van der Waals surface area contributed by atoms with Gasteiger partial charge in [-0.25, -0.2) is 4.68 Å². The predicted octanol–water partition coefficient (Wildman–Crippen LogP) is 3.07. The number of aromatic nitrogens is 2. The maximum absolute atomic E-state index is 12.8. The van der Waals surface area contributed by atoms with Crippen LogP contribution in [0.4, 0.5) is 32.0 Å². The molecule has 1 aromatic heterocycles. The van der Waals surface area contributed by atoms with E-state index in [1.807, 2.05) is 5.32 Å². The molecule has 2 rings (SSSR count). The maximum atomic E-state index is 12.8. The molecule has 0 saturated carbocycles. The minimum absolute atomic E-state index is 0.0554. The molecule has 0 atom stereocenters. The maximum Gasteiger partial charge on any atom is 0.416 e. The van der Waals surface area contributed by atoms with Crippen LogP contribution in [0.25, 0.3) is 0 Å². The molecule has 0 saturated heterocycles. The molecule has 0 spiro atoms. The zero-order valence-electron chi connectivity index (χ0n) is 12.4. The summed E-state index contributed by atoms with van der Waals surface area (Å²) in [5.74, 6) is -1.07. The number of amides is 1. The van der Waals surface area contributed by atoms with E-state index < -0.39 is 40.6 Å². The van der Waals surface area contributed by atoms with Crippen LogP contribution in [0.1, 0.15) is 21.6 Å². The molecular formula is C14H9F6N3O2. The molecule has 25 heavy (non-hydrogen) atoms. The van der Waals surface area contributed by atoms with Crippen molar-refractivity contribution in [3.63, 3.8) is 0 Å². The number of alkyl halides is 6. The van der Waals surface area contributed by atoms with Gasteiger partial charge in [0.1, 0.15) is 5.69 Å². The second kappa shape index (κ2) is 6.22. The third-order valence-corrected chi connectivity index (χ3v) is 3.04. The zero-order chi connectivity index (χ0) is 19.0. The van der Waals surface area contributed by atoms with Crippen LogP contribution in [-0.4, -0.2) is 15.7 Å². The average Bonchev–Trinajstić information content (AvgIpc) is 2.48. The molecule has 134 valence electrons. The molecule has 0 radical (unpaired) electrons. The molecule has 0 bridgehead atoms. The third kappa shape index (κ3) is 4.37. The predicted molar refractivity (Wildman–Crippen MR) is 73.9 cm³/mol. The van der Waals surface area contributed by atoms with Crippen LogP contribution < -0.4 is 10.9 Å². The Bertz CT molecular complexity index is 838. The van der Waals surface area contributed by atoms with Crippen LogP contribution in [0, 0.1) is 0 Å². The van der Waals surface area contributed by atoms with Crippen molar-refractivity contribution in [3.05, 3.63) is 57.5 Å². The van der Waals surface area contributed by atoms with Crippen LogP contribution in [-0.2, 0) is 19.4 Å². The van der Waals surface area contributed by atoms with E-state index in [0.717, 1.165) is 16.8 Å². The van der Waals surface area contributed by atoms with Gasteiger partial charge in [0.05, 0.1) is 11.1 Å². The number of nitrogens with one attached hydrogen (secondary N) is 1. The van der Waals surface area contributed by atoms with Crippen LogP contribution in [0.15, 0.2) is 35.1 Å². The summed E-state index contributed by atoms with van der Waals surface area (Å²) in [6.07, 6.45) is -10.1. The van der Waals surface area contributed by atoms with Crippen LogP contribution in [0.5, 0.6) is 0 Å². The molecule has 2 aromatic rings. The highest BCUT2D eigenvalue weighted by Crippen LogP contribution is 2.37. The number of rotatable bonds is 2. The first-order valence-corrected chi connectivity index (χ1v) is 6.53. The van der Waals surface area contributed by atoms with Gasteiger partial charge in [0.15, 0.2) is 0 Å². The van der Waals surface area contributed by atoms with Gasteiger partial charge in [-0.3, -0.25) is 9.59 Å². The van der Waals surface area contributed by atoms with Crippen molar-refractivity contribution >= 4 is 11.6 Å². The van der Waals surface area contributed by atoms with E-state index in [-0.39, 0.29) is 11.8 Å². The second-order valence-electron chi connectivity index (χ2n) is 4.93. The molecular weight excluding hydrogens is 356 g/mol. The van der Waals surface area contributed by atoms with Crippen molar-refractivity contribution in [1.29, 1.82) is 0 Å². The Morgan fingerprint density at radius 2 is 1.52 bits per heavy atom. The van der Waals surface area contributed by atoms with E-state index in [9.17, 15) is 35.9 Å². The zero-order valence-corrected chi connectivity index (χ0v) is 12.4. The number of aryl methyl sites for hydroxylation is 1. The van der Waals surface area contributed by atoms with E-state index in [4.69, 9.17) is 0 Å². The lowest BCUT2D eigenvalue weighted by Crippen LogP contribution is -2.24. The number of carbonyl (C=O) groups excluding carboxylic acids is 1. The fourth-order valence-corrected chi connectivity index (χ4v) is 1.85. The highest BCUT2D eigenvalue weighted by atomic mass is 19.4. The van der Waals surface area contributed by atoms with Crippen molar-refractivity contribution < 1.29 is 31.1 Å². The van der Waals surface area contributed by atoms with Gasteiger partial charge in [-0.2, -0.15) is 31.4 Å². The summed E-state index contributed by atoms with van der Waals surface area (Å²) in [6.45, 7) is 0. The lowest BCUT2D eigenvalue weighted by atomic mass is 10.1. The Hall–Kier alpha value is -2.85. The van der Waals surface area contributed by atoms with E-state index in [2.05, 4.69) is 5.10 Å². The van der Waals surface area contributed by atoms with Gasteiger partial charge < -0.3 is 5.32 Å². The highest BCUT2D eigenvalue weighted by molar-refractivity contribution is 6.02. The summed E-state index contributed by atoms with van der Waals surface area (Å²) in [5.41, 5.74) is -4.73. The van der Waals surface area contributed by atoms with E-state index in [1.54, 1.807) is 0 Å². The molecule has 0 fully saturated rings. The lowest BCUT2D eigenvalue weighted by Gasteiger charge is -2.14. The summed E-state index contributed by atoms with van der Waals surface area (Å²) in [5, 5.41) is 5.47. The SMILES string of the molecule is Cn1nc(C(=O)Nc2cc(C(F)(F)F)cc(C(F)(F)F)c2)ccc1=O. The summed E-state index contributed by atoms with van der Waals surface area (Å²) in [4.78, 5) is 23.1. The molecule has 1 heterocycles.